The number of thiophene rings is 1. The summed E-state index contributed by atoms with van der Waals surface area (Å²) in [7, 11) is 0. The molecule has 0 unspecified atom stereocenters. The van der Waals surface area contributed by atoms with E-state index in [1.165, 1.54) is 7.76 Å². The zero-order valence-corrected chi connectivity index (χ0v) is 17.2. The van der Waals surface area contributed by atoms with E-state index in [4.69, 9.17) is 0 Å². The molecule has 1 aromatic rings. The molecular formula is C13H23I2N3S. The molecule has 6 heteroatoms. The topological polar surface area (TPSA) is 36.4 Å². The Balaban J connectivity index is 0.00000324. The van der Waals surface area contributed by atoms with Crippen molar-refractivity contribution in [2.45, 2.75) is 39.7 Å². The van der Waals surface area contributed by atoms with Gasteiger partial charge in [-0.1, -0.05) is 0 Å². The zero-order valence-electron chi connectivity index (χ0n) is 11.9. The smallest absolute Gasteiger partial charge is 0.191 e. The van der Waals surface area contributed by atoms with E-state index < -0.39 is 0 Å². The molecule has 0 radical (unpaired) electrons. The Morgan fingerprint density at radius 2 is 2.05 bits per heavy atom. The molecule has 1 rings (SSSR count). The van der Waals surface area contributed by atoms with Crippen molar-refractivity contribution in [1.29, 1.82) is 0 Å². The SMILES string of the molecule is CCNC(=NCCc1ccc(I)s1)NC(C)(C)C.I. The molecular weight excluding hydrogens is 484 g/mol. The van der Waals surface area contributed by atoms with Crippen LogP contribution in [-0.2, 0) is 6.42 Å². The average molecular weight is 507 g/mol. The number of guanidine groups is 1. The second-order valence-corrected chi connectivity index (χ2v) is 8.15. The first-order valence-electron chi connectivity index (χ1n) is 6.21. The molecule has 3 nitrogen and oxygen atoms in total. The molecule has 0 aromatic carbocycles. The van der Waals surface area contributed by atoms with E-state index in [0.717, 1.165) is 25.5 Å². The van der Waals surface area contributed by atoms with Crippen LogP contribution < -0.4 is 10.6 Å². The van der Waals surface area contributed by atoms with Crippen LogP contribution in [0.1, 0.15) is 32.6 Å². The molecule has 0 aliphatic heterocycles. The highest BCUT2D eigenvalue weighted by Crippen LogP contribution is 2.18. The second kappa shape index (κ2) is 9.38. The van der Waals surface area contributed by atoms with Crippen LogP contribution in [0.5, 0.6) is 0 Å². The van der Waals surface area contributed by atoms with Gasteiger partial charge in [-0.3, -0.25) is 4.99 Å². The number of nitrogens with zero attached hydrogens (tertiary/aromatic N) is 1. The van der Waals surface area contributed by atoms with Gasteiger partial charge in [-0.2, -0.15) is 0 Å². The van der Waals surface area contributed by atoms with E-state index in [1.54, 1.807) is 0 Å². The summed E-state index contributed by atoms with van der Waals surface area (Å²) < 4.78 is 1.34. The van der Waals surface area contributed by atoms with Crippen LogP contribution in [-0.4, -0.2) is 24.6 Å². The van der Waals surface area contributed by atoms with Gasteiger partial charge >= 0.3 is 0 Å². The quantitative estimate of drug-likeness (QED) is 0.369. The first kappa shape index (κ1) is 19.4. The third kappa shape index (κ3) is 9.06. The summed E-state index contributed by atoms with van der Waals surface area (Å²) >= 11 is 4.20. The van der Waals surface area contributed by atoms with Crippen LogP contribution in [0, 0.1) is 2.88 Å². The van der Waals surface area contributed by atoms with Crippen molar-refractivity contribution in [2.75, 3.05) is 13.1 Å². The second-order valence-electron chi connectivity index (χ2n) is 5.09. The molecule has 0 saturated carbocycles. The van der Waals surface area contributed by atoms with Crippen molar-refractivity contribution in [3.8, 4) is 0 Å². The maximum atomic E-state index is 4.60. The Morgan fingerprint density at radius 3 is 2.53 bits per heavy atom. The Hall–Kier alpha value is 0.430. The Bertz CT molecular complexity index is 397. The van der Waals surface area contributed by atoms with Crippen molar-refractivity contribution in [1.82, 2.24) is 10.6 Å². The third-order valence-electron chi connectivity index (χ3n) is 2.09. The van der Waals surface area contributed by atoms with Gasteiger partial charge in [0.05, 0.1) is 2.88 Å². The molecule has 0 aliphatic carbocycles. The van der Waals surface area contributed by atoms with Crippen LogP contribution in [0.3, 0.4) is 0 Å². The van der Waals surface area contributed by atoms with Crippen LogP contribution in [0.25, 0.3) is 0 Å². The molecule has 1 heterocycles. The van der Waals surface area contributed by atoms with Gasteiger partial charge in [0.15, 0.2) is 5.96 Å². The van der Waals surface area contributed by atoms with Crippen molar-refractivity contribution in [2.24, 2.45) is 4.99 Å². The van der Waals surface area contributed by atoms with E-state index in [9.17, 15) is 0 Å². The third-order valence-corrected chi connectivity index (χ3v) is 4.05. The van der Waals surface area contributed by atoms with E-state index in [1.807, 2.05) is 11.3 Å². The van der Waals surface area contributed by atoms with Crippen LogP contribution in [0.2, 0.25) is 0 Å². The predicted octanol–water partition coefficient (Wildman–Crippen LogP) is 3.87. The van der Waals surface area contributed by atoms with E-state index >= 15 is 0 Å². The Labute approximate surface area is 151 Å². The highest BCUT2D eigenvalue weighted by atomic mass is 127. The lowest BCUT2D eigenvalue weighted by molar-refractivity contribution is 0.501. The molecule has 0 bridgehead atoms. The zero-order chi connectivity index (χ0) is 13.6. The molecule has 0 spiro atoms. The van der Waals surface area contributed by atoms with Crippen LogP contribution in [0.15, 0.2) is 17.1 Å². The first-order chi connectivity index (χ1) is 8.40. The fraction of sp³-hybridized carbons (Fsp3) is 0.615. The van der Waals surface area contributed by atoms with Gasteiger partial charge in [-0.15, -0.1) is 35.3 Å². The number of rotatable bonds is 4. The summed E-state index contributed by atoms with van der Waals surface area (Å²) in [5.74, 6) is 0.899. The minimum atomic E-state index is 0. The molecule has 2 N–H and O–H groups in total. The van der Waals surface area contributed by atoms with Gasteiger partial charge in [0.1, 0.15) is 0 Å². The molecule has 0 aliphatic rings. The molecule has 0 atom stereocenters. The highest BCUT2D eigenvalue weighted by Gasteiger charge is 2.11. The Morgan fingerprint density at radius 1 is 1.37 bits per heavy atom. The lowest BCUT2D eigenvalue weighted by Gasteiger charge is -2.23. The lowest BCUT2D eigenvalue weighted by atomic mass is 10.1. The Kier molecular flexibility index (Phi) is 9.59. The maximum absolute atomic E-state index is 4.60. The molecule has 0 saturated heterocycles. The minimum Gasteiger partial charge on any atom is -0.357 e. The fourth-order valence-corrected chi connectivity index (χ4v) is 3.17. The standard InChI is InChI=1S/C13H22IN3S.HI/c1-5-15-12(17-13(2,3)4)16-9-8-10-6-7-11(14)18-10;/h6-7H,5,8-9H2,1-4H3,(H2,15,16,17);1H. The van der Waals surface area contributed by atoms with Crippen molar-refractivity contribution in [3.05, 3.63) is 19.9 Å². The van der Waals surface area contributed by atoms with Gasteiger partial charge in [-0.25, -0.2) is 0 Å². The van der Waals surface area contributed by atoms with Crippen molar-refractivity contribution in [3.63, 3.8) is 0 Å². The summed E-state index contributed by atoms with van der Waals surface area (Å²) in [4.78, 5) is 6.00. The van der Waals surface area contributed by atoms with Crippen LogP contribution >= 0.6 is 57.9 Å². The molecule has 19 heavy (non-hydrogen) atoms. The summed E-state index contributed by atoms with van der Waals surface area (Å²) in [5.41, 5.74) is 0.0410. The van der Waals surface area contributed by atoms with Gasteiger partial charge in [-0.05, 0) is 62.4 Å². The largest absolute Gasteiger partial charge is 0.357 e. The van der Waals surface area contributed by atoms with E-state index in [0.29, 0.717) is 0 Å². The number of halogens is 2. The minimum absolute atomic E-state index is 0. The fourth-order valence-electron chi connectivity index (χ4n) is 1.43. The monoisotopic (exact) mass is 507 g/mol. The number of hydrogen-bond acceptors (Lipinski definition) is 2. The maximum Gasteiger partial charge on any atom is 0.191 e. The number of aliphatic imine (C=N–C) groups is 1. The van der Waals surface area contributed by atoms with E-state index in [2.05, 4.69) is 78.0 Å². The summed E-state index contributed by atoms with van der Waals surface area (Å²) in [6, 6.07) is 4.34. The van der Waals surface area contributed by atoms with Gasteiger partial charge < -0.3 is 10.6 Å². The number of hydrogen-bond donors (Lipinski definition) is 2. The van der Waals surface area contributed by atoms with E-state index in [-0.39, 0.29) is 29.5 Å². The summed E-state index contributed by atoms with van der Waals surface area (Å²) in [6.45, 7) is 10.2. The molecule has 0 fully saturated rings. The number of nitrogens with one attached hydrogen (secondary N) is 2. The highest BCUT2D eigenvalue weighted by molar-refractivity contribution is 14.1. The normalized spacial score (nSPS) is 11.9. The lowest BCUT2D eigenvalue weighted by Crippen LogP contribution is -2.47. The predicted molar refractivity (Wildman–Crippen MR) is 105 cm³/mol. The summed E-state index contributed by atoms with van der Waals surface area (Å²) in [5, 5.41) is 6.66. The average Bonchev–Trinajstić information content (AvgIpc) is 2.62. The molecule has 110 valence electrons. The van der Waals surface area contributed by atoms with Gasteiger partial charge in [0, 0.05) is 29.9 Å². The van der Waals surface area contributed by atoms with Crippen LogP contribution in [0.4, 0.5) is 0 Å². The van der Waals surface area contributed by atoms with Gasteiger partial charge in [0.2, 0.25) is 0 Å². The molecule has 1 aromatic heterocycles. The molecule has 0 amide bonds. The van der Waals surface area contributed by atoms with Crippen molar-refractivity contribution >= 4 is 63.9 Å². The van der Waals surface area contributed by atoms with Crippen molar-refractivity contribution < 1.29 is 0 Å². The summed E-state index contributed by atoms with van der Waals surface area (Å²) in [6.07, 6.45) is 1.01. The van der Waals surface area contributed by atoms with Gasteiger partial charge in [0.25, 0.3) is 0 Å². The first-order valence-corrected chi connectivity index (χ1v) is 8.11.